The Bertz CT molecular complexity index is 788. The van der Waals surface area contributed by atoms with E-state index in [4.69, 9.17) is 4.74 Å². The third kappa shape index (κ3) is 4.20. The predicted octanol–water partition coefficient (Wildman–Crippen LogP) is 3.05. The molecule has 1 N–H and O–H groups in total. The molecule has 4 saturated carbocycles. The van der Waals surface area contributed by atoms with Gasteiger partial charge in [0.2, 0.25) is 5.91 Å². The first-order chi connectivity index (χ1) is 14.4. The van der Waals surface area contributed by atoms with E-state index in [1.54, 1.807) is 6.92 Å². The largest absolute Gasteiger partial charge is 0.454 e. The molecule has 0 unspecified atom stereocenters. The van der Waals surface area contributed by atoms with Gasteiger partial charge < -0.3 is 15.0 Å². The Hall–Kier alpha value is -2.44. The number of carbonyl (C=O) groups is 3. The fraction of sp³-hybridized carbons (Fsp3) is 0.609. The number of nitrogens with one attached hydrogen (secondary N) is 1. The van der Waals surface area contributed by atoms with E-state index >= 15 is 0 Å². The second-order valence-corrected chi connectivity index (χ2v) is 9.16. The number of anilines is 1. The van der Waals surface area contributed by atoms with Crippen LogP contribution in [0.15, 0.2) is 24.3 Å². The molecule has 0 aliphatic heterocycles. The second-order valence-electron chi connectivity index (χ2n) is 9.16. The molecule has 4 fully saturated rings. The van der Waals surface area contributed by atoms with Crippen molar-refractivity contribution in [2.24, 2.45) is 23.2 Å². The Morgan fingerprint density at radius 3 is 2.17 bits per heavy atom. The molecule has 6 nitrogen and oxygen atoms in total. The van der Waals surface area contributed by atoms with Crippen molar-refractivity contribution in [1.82, 2.24) is 5.32 Å². The summed E-state index contributed by atoms with van der Waals surface area (Å²) < 4.78 is 18.2. The zero-order chi connectivity index (χ0) is 21.3. The van der Waals surface area contributed by atoms with Crippen LogP contribution in [0.25, 0.3) is 0 Å². The van der Waals surface area contributed by atoms with Gasteiger partial charge in [0.05, 0.1) is 0 Å². The average Bonchev–Trinajstić information content (AvgIpc) is 2.71. The molecule has 30 heavy (non-hydrogen) atoms. The zero-order valence-electron chi connectivity index (χ0n) is 17.4. The summed E-state index contributed by atoms with van der Waals surface area (Å²) in [6.45, 7) is 1.51. The highest BCUT2D eigenvalue weighted by Gasteiger charge is 2.54. The molecular formula is C23H29FN2O4. The van der Waals surface area contributed by atoms with Gasteiger partial charge in [0.25, 0.3) is 5.91 Å². The number of halogens is 1. The van der Waals surface area contributed by atoms with Gasteiger partial charge in [0.1, 0.15) is 12.4 Å². The summed E-state index contributed by atoms with van der Waals surface area (Å²) in [5.74, 6) is 0.505. The van der Waals surface area contributed by atoms with Crippen LogP contribution in [0, 0.1) is 29.0 Å². The fourth-order valence-electron chi connectivity index (χ4n) is 6.12. The van der Waals surface area contributed by atoms with Gasteiger partial charge in [-0.15, -0.1) is 0 Å². The monoisotopic (exact) mass is 416 g/mol. The van der Waals surface area contributed by atoms with Crippen molar-refractivity contribution in [2.45, 2.75) is 45.4 Å². The molecule has 1 aromatic carbocycles. The number of rotatable bonds is 7. The standard InChI is InChI=1S/C23H29FN2O4/c1-2-26(19-5-3-18(24)4-6-19)20(27)14-30-21(28)13-25-22(29)23-10-15-7-16(11-23)9-17(8-15)12-23/h3-6,15-17H,2,7-14H2,1H3,(H,25,29). The molecular weight excluding hydrogens is 387 g/mol. The van der Waals surface area contributed by atoms with Crippen molar-refractivity contribution in [1.29, 1.82) is 0 Å². The topological polar surface area (TPSA) is 75.7 Å². The Labute approximate surface area is 176 Å². The Morgan fingerprint density at radius 1 is 1.07 bits per heavy atom. The molecule has 0 atom stereocenters. The van der Waals surface area contributed by atoms with Gasteiger partial charge in [-0.25, -0.2) is 4.39 Å². The fourth-order valence-corrected chi connectivity index (χ4v) is 6.12. The average molecular weight is 416 g/mol. The van der Waals surface area contributed by atoms with Crippen molar-refractivity contribution in [3.8, 4) is 0 Å². The molecule has 5 rings (SSSR count). The predicted molar refractivity (Wildman–Crippen MR) is 109 cm³/mol. The molecule has 2 amide bonds. The summed E-state index contributed by atoms with van der Waals surface area (Å²) in [7, 11) is 0. The van der Waals surface area contributed by atoms with Gasteiger partial charge in [0.15, 0.2) is 6.61 Å². The minimum Gasteiger partial charge on any atom is -0.454 e. The molecule has 7 heteroatoms. The van der Waals surface area contributed by atoms with Crippen LogP contribution in [0.5, 0.6) is 0 Å². The quantitative estimate of drug-likeness (QED) is 0.694. The lowest BCUT2D eigenvalue weighted by Crippen LogP contribution is -2.54. The van der Waals surface area contributed by atoms with E-state index in [-0.39, 0.29) is 23.7 Å². The Balaban J connectivity index is 1.25. The van der Waals surface area contributed by atoms with Gasteiger partial charge in [-0.2, -0.15) is 0 Å². The molecule has 0 saturated heterocycles. The van der Waals surface area contributed by atoms with Gasteiger partial charge in [-0.1, -0.05) is 0 Å². The van der Waals surface area contributed by atoms with E-state index < -0.39 is 18.5 Å². The number of hydrogen-bond acceptors (Lipinski definition) is 4. The second kappa shape index (κ2) is 8.36. The van der Waals surface area contributed by atoms with Gasteiger partial charge in [0, 0.05) is 17.6 Å². The van der Waals surface area contributed by atoms with E-state index in [1.165, 1.54) is 48.4 Å². The number of carbonyl (C=O) groups excluding carboxylic acids is 3. The normalized spacial score (nSPS) is 28.8. The number of esters is 1. The van der Waals surface area contributed by atoms with E-state index in [9.17, 15) is 18.8 Å². The lowest BCUT2D eigenvalue weighted by molar-refractivity contribution is -0.152. The lowest BCUT2D eigenvalue weighted by Gasteiger charge is -2.55. The number of nitrogens with zero attached hydrogens (tertiary/aromatic N) is 1. The van der Waals surface area contributed by atoms with E-state index in [0.717, 1.165) is 19.3 Å². The summed E-state index contributed by atoms with van der Waals surface area (Å²) in [6, 6.07) is 5.56. The number of hydrogen-bond donors (Lipinski definition) is 1. The summed E-state index contributed by atoms with van der Waals surface area (Å²) in [4.78, 5) is 38.8. The molecule has 4 aliphatic carbocycles. The van der Waals surface area contributed by atoms with Crippen LogP contribution in [-0.2, 0) is 19.1 Å². The highest BCUT2D eigenvalue weighted by molar-refractivity contribution is 5.95. The zero-order valence-corrected chi connectivity index (χ0v) is 17.4. The lowest BCUT2D eigenvalue weighted by atomic mass is 9.49. The van der Waals surface area contributed by atoms with E-state index in [0.29, 0.717) is 30.0 Å². The van der Waals surface area contributed by atoms with Crippen LogP contribution in [0.3, 0.4) is 0 Å². The minimum absolute atomic E-state index is 0.0358. The minimum atomic E-state index is -0.628. The van der Waals surface area contributed by atoms with Crippen LogP contribution in [0.1, 0.15) is 45.4 Å². The summed E-state index contributed by atoms with van der Waals surface area (Å²) in [5, 5.41) is 2.76. The molecule has 0 radical (unpaired) electrons. The van der Waals surface area contributed by atoms with Crippen LogP contribution < -0.4 is 10.2 Å². The highest BCUT2D eigenvalue weighted by atomic mass is 19.1. The molecule has 1 aromatic rings. The van der Waals surface area contributed by atoms with E-state index in [2.05, 4.69) is 5.32 Å². The van der Waals surface area contributed by atoms with Crippen LogP contribution >= 0.6 is 0 Å². The third-order valence-corrected chi connectivity index (χ3v) is 7.03. The first kappa shape index (κ1) is 20.8. The molecule has 4 aliphatic rings. The maximum absolute atomic E-state index is 13.1. The first-order valence-electron chi connectivity index (χ1n) is 10.9. The number of ether oxygens (including phenoxy) is 1. The Kier molecular flexibility index (Phi) is 5.80. The summed E-state index contributed by atoms with van der Waals surface area (Å²) in [5.41, 5.74) is 0.224. The van der Waals surface area contributed by atoms with Crippen molar-refractivity contribution in [3.63, 3.8) is 0 Å². The van der Waals surface area contributed by atoms with Crippen LogP contribution in [0.4, 0.5) is 10.1 Å². The maximum atomic E-state index is 13.1. The first-order valence-corrected chi connectivity index (χ1v) is 10.9. The number of benzene rings is 1. The van der Waals surface area contributed by atoms with Gasteiger partial charge in [-0.3, -0.25) is 14.4 Å². The summed E-state index contributed by atoms with van der Waals surface area (Å²) in [6.07, 6.45) is 6.54. The number of likely N-dealkylation sites (N-methyl/N-ethyl adjacent to an activating group) is 1. The Morgan fingerprint density at radius 2 is 1.63 bits per heavy atom. The molecule has 0 heterocycles. The van der Waals surface area contributed by atoms with Crippen molar-refractivity contribution in [3.05, 3.63) is 30.1 Å². The van der Waals surface area contributed by atoms with Crippen molar-refractivity contribution >= 4 is 23.5 Å². The van der Waals surface area contributed by atoms with Crippen molar-refractivity contribution < 1.29 is 23.5 Å². The van der Waals surface area contributed by atoms with Crippen molar-refractivity contribution in [2.75, 3.05) is 24.6 Å². The van der Waals surface area contributed by atoms with Crippen LogP contribution in [-0.4, -0.2) is 37.5 Å². The molecule has 4 bridgehead atoms. The molecule has 0 spiro atoms. The van der Waals surface area contributed by atoms with E-state index in [1.807, 2.05) is 0 Å². The summed E-state index contributed by atoms with van der Waals surface area (Å²) >= 11 is 0. The highest BCUT2D eigenvalue weighted by Crippen LogP contribution is 2.60. The molecule has 162 valence electrons. The third-order valence-electron chi connectivity index (χ3n) is 7.03. The molecule has 0 aromatic heterocycles. The maximum Gasteiger partial charge on any atom is 0.325 e. The smallest absolute Gasteiger partial charge is 0.325 e. The number of amides is 2. The van der Waals surface area contributed by atoms with Crippen LogP contribution in [0.2, 0.25) is 0 Å². The van der Waals surface area contributed by atoms with Gasteiger partial charge in [-0.05, 0) is 87.5 Å². The SMILES string of the molecule is CCN(C(=O)COC(=O)CNC(=O)C12CC3CC(CC(C3)C1)C2)c1ccc(F)cc1. The van der Waals surface area contributed by atoms with Gasteiger partial charge >= 0.3 is 5.97 Å².